The van der Waals surface area contributed by atoms with Crippen molar-refractivity contribution in [1.82, 2.24) is 19.7 Å². The molecule has 37 heavy (non-hydrogen) atoms. The van der Waals surface area contributed by atoms with E-state index in [1.54, 1.807) is 18.3 Å². The standard InChI is InChI=1S/C27H27N7O3/c1-33-13-22-18(12-29-34(22)16-8-10-37-14-16)17-3-2-4-20(25(17)33)30-21-11-23(32-26(35)15-5-6-15)31-19-7-9-28-27(36)24(19)21/h2-4,7,9,11-12,15-16H,5-6,8,10,13-14H2,1H3,(H,28,36)(H2,30,31,32,35). The number of carbonyl (C=O) groups excluding carboxylic acids is 1. The van der Waals surface area contributed by atoms with Crippen LogP contribution in [0.25, 0.3) is 22.0 Å². The lowest BCUT2D eigenvalue weighted by Gasteiger charge is -2.31. The number of hydrogen-bond donors (Lipinski definition) is 3. The number of hydrogen-bond acceptors (Lipinski definition) is 7. The lowest BCUT2D eigenvalue weighted by Crippen LogP contribution is -2.26. The number of benzene rings is 1. The molecule has 1 aromatic carbocycles. The maximum Gasteiger partial charge on any atom is 0.259 e. The Morgan fingerprint density at radius 1 is 1.16 bits per heavy atom. The first-order valence-electron chi connectivity index (χ1n) is 12.7. The average molecular weight is 498 g/mol. The van der Waals surface area contributed by atoms with Gasteiger partial charge in [0.2, 0.25) is 5.91 Å². The Morgan fingerprint density at radius 2 is 2.05 bits per heavy atom. The highest BCUT2D eigenvalue weighted by Crippen LogP contribution is 2.45. The van der Waals surface area contributed by atoms with Crippen LogP contribution in [0.15, 0.2) is 47.5 Å². The number of H-pyrrole nitrogens is 1. The predicted molar refractivity (Wildman–Crippen MR) is 141 cm³/mol. The van der Waals surface area contributed by atoms with E-state index in [-0.39, 0.29) is 23.4 Å². The van der Waals surface area contributed by atoms with Crippen LogP contribution in [0.2, 0.25) is 0 Å². The minimum absolute atomic E-state index is 0.0309. The molecule has 10 nitrogen and oxygen atoms in total. The van der Waals surface area contributed by atoms with Gasteiger partial charge < -0.3 is 25.3 Å². The van der Waals surface area contributed by atoms with Crippen LogP contribution in [-0.4, -0.2) is 45.9 Å². The second kappa shape index (κ2) is 8.45. The van der Waals surface area contributed by atoms with E-state index in [1.807, 2.05) is 18.3 Å². The fourth-order valence-corrected chi connectivity index (χ4v) is 5.45. The predicted octanol–water partition coefficient (Wildman–Crippen LogP) is 3.79. The summed E-state index contributed by atoms with van der Waals surface area (Å²) >= 11 is 0. The van der Waals surface area contributed by atoms with Gasteiger partial charge in [0.05, 0.1) is 59.0 Å². The maximum atomic E-state index is 12.8. The largest absolute Gasteiger partial charge is 0.379 e. The summed E-state index contributed by atoms with van der Waals surface area (Å²) in [6.07, 6.45) is 6.29. The van der Waals surface area contributed by atoms with E-state index in [4.69, 9.17) is 9.84 Å². The quantitative estimate of drug-likeness (QED) is 0.384. The van der Waals surface area contributed by atoms with Gasteiger partial charge in [-0.25, -0.2) is 4.98 Å². The smallest absolute Gasteiger partial charge is 0.259 e. The van der Waals surface area contributed by atoms with E-state index in [9.17, 15) is 9.59 Å². The molecular weight excluding hydrogens is 470 g/mol. The SMILES string of the molecule is CN1Cc2c(cnn2C2CCOC2)-c2cccc(Nc3cc(NC(=O)C4CC4)nc4cc[nH]c(=O)c34)c21. The zero-order valence-electron chi connectivity index (χ0n) is 20.5. The second-order valence-corrected chi connectivity index (χ2v) is 10.0. The third kappa shape index (κ3) is 3.75. The van der Waals surface area contributed by atoms with Crippen LogP contribution in [0.1, 0.15) is 31.0 Å². The second-order valence-electron chi connectivity index (χ2n) is 10.0. The summed E-state index contributed by atoms with van der Waals surface area (Å²) in [6.45, 7) is 2.16. The molecule has 3 aliphatic rings. The summed E-state index contributed by atoms with van der Waals surface area (Å²) in [5.41, 5.74) is 6.11. The highest BCUT2D eigenvalue weighted by molar-refractivity contribution is 6.00. The van der Waals surface area contributed by atoms with Crippen LogP contribution in [0.4, 0.5) is 22.9 Å². The summed E-state index contributed by atoms with van der Waals surface area (Å²) < 4.78 is 7.72. The Bertz CT molecular complexity index is 1600. The number of rotatable bonds is 5. The van der Waals surface area contributed by atoms with Gasteiger partial charge in [-0.1, -0.05) is 12.1 Å². The topological polar surface area (TPSA) is 117 Å². The Kier molecular flexibility index (Phi) is 5.03. The van der Waals surface area contributed by atoms with Gasteiger partial charge in [-0.05, 0) is 31.4 Å². The molecule has 0 spiro atoms. The minimum atomic E-state index is -0.243. The van der Waals surface area contributed by atoms with E-state index in [0.717, 1.165) is 48.4 Å². The number of para-hydroxylation sites is 1. The van der Waals surface area contributed by atoms with Gasteiger partial charge in [0.25, 0.3) is 5.56 Å². The van der Waals surface area contributed by atoms with Crippen molar-refractivity contribution in [3.05, 3.63) is 58.8 Å². The first-order chi connectivity index (χ1) is 18.1. The Hall–Kier alpha value is -4.18. The molecule has 1 saturated heterocycles. The zero-order valence-corrected chi connectivity index (χ0v) is 20.5. The molecule has 3 N–H and O–H groups in total. The number of carbonyl (C=O) groups is 1. The molecule has 2 fully saturated rings. The molecule has 0 radical (unpaired) electrons. The molecule has 1 amide bonds. The van der Waals surface area contributed by atoms with Crippen LogP contribution in [0.5, 0.6) is 0 Å². The number of aromatic amines is 1. The van der Waals surface area contributed by atoms with Crippen molar-refractivity contribution in [1.29, 1.82) is 0 Å². The number of amides is 1. The van der Waals surface area contributed by atoms with E-state index in [2.05, 4.69) is 43.3 Å². The lowest BCUT2D eigenvalue weighted by atomic mass is 9.97. The molecule has 10 heteroatoms. The molecule has 0 bridgehead atoms. The summed E-state index contributed by atoms with van der Waals surface area (Å²) in [4.78, 5) is 34.8. The summed E-state index contributed by atoms with van der Waals surface area (Å²) in [5.74, 6) is 0.448. The number of ether oxygens (including phenoxy) is 1. The van der Waals surface area contributed by atoms with Crippen LogP contribution >= 0.6 is 0 Å². The fourth-order valence-electron chi connectivity index (χ4n) is 5.45. The van der Waals surface area contributed by atoms with Gasteiger partial charge in [0.1, 0.15) is 5.82 Å². The monoisotopic (exact) mass is 497 g/mol. The van der Waals surface area contributed by atoms with Crippen LogP contribution < -0.4 is 21.1 Å². The number of aromatic nitrogens is 4. The van der Waals surface area contributed by atoms with Crippen molar-refractivity contribution in [3.63, 3.8) is 0 Å². The van der Waals surface area contributed by atoms with Crippen LogP contribution in [0.3, 0.4) is 0 Å². The number of nitrogens with zero attached hydrogens (tertiary/aromatic N) is 4. The van der Waals surface area contributed by atoms with Crippen LogP contribution in [0, 0.1) is 5.92 Å². The molecule has 2 aliphatic heterocycles. The van der Waals surface area contributed by atoms with Gasteiger partial charge in [0, 0.05) is 43.0 Å². The molecule has 1 aliphatic carbocycles. The van der Waals surface area contributed by atoms with Gasteiger partial charge >= 0.3 is 0 Å². The molecule has 188 valence electrons. The van der Waals surface area contributed by atoms with Crippen LogP contribution in [-0.2, 0) is 16.1 Å². The molecule has 5 heterocycles. The van der Waals surface area contributed by atoms with Gasteiger partial charge in [-0.15, -0.1) is 0 Å². The van der Waals surface area contributed by atoms with Crippen molar-refractivity contribution < 1.29 is 9.53 Å². The third-order valence-corrected chi connectivity index (χ3v) is 7.44. The van der Waals surface area contributed by atoms with Gasteiger partial charge in [-0.3, -0.25) is 14.3 Å². The average Bonchev–Trinajstić information content (AvgIpc) is 3.43. The van der Waals surface area contributed by atoms with Gasteiger partial charge in [0.15, 0.2) is 0 Å². The van der Waals surface area contributed by atoms with Gasteiger partial charge in [-0.2, -0.15) is 5.10 Å². The lowest BCUT2D eigenvalue weighted by molar-refractivity contribution is -0.117. The Morgan fingerprint density at radius 3 is 2.86 bits per heavy atom. The van der Waals surface area contributed by atoms with Crippen molar-refractivity contribution in [3.8, 4) is 11.1 Å². The number of anilines is 4. The normalized spacial score (nSPS) is 18.5. The molecule has 4 aromatic rings. The van der Waals surface area contributed by atoms with Crippen molar-refractivity contribution >= 4 is 39.7 Å². The first-order valence-corrected chi connectivity index (χ1v) is 12.7. The number of fused-ring (bicyclic) bond motifs is 4. The zero-order chi connectivity index (χ0) is 25.1. The summed E-state index contributed by atoms with van der Waals surface area (Å²) in [7, 11) is 2.06. The highest BCUT2D eigenvalue weighted by atomic mass is 16.5. The van der Waals surface area contributed by atoms with E-state index in [0.29, 0.717) is 35.6 Å². The maximum absolute atomic E-state index is 12.8. The summed E-state index contributed by atoms with van der Waals surface area (Å²) in [5, 5.41) is 11.6. The highest BCUT2D eigenvalue weighted by Gasteiger charge is 2.31. The van der Waals surface area contributed by atoms with E-state index < -0.39 is 0 Å². The molecule has 1 atom stereocenters. The van der Waals surface area contributed by atoms with Crippen molar-refractivity contribution in [2.24, 2.45) is 5.92 Å². The third-order valence-electron chi connectivity index (χ3n) is 7.44. The Labute approximate surface area is 212 Å². The molecule has 1 unspecified atom stereocenters. The fraction of sp³-hybridized carbons (Fsp3) is 0.333. The summed E-state index contributed by atoms with van der Waals surface area (Å²) in [6, 6.07) is 9.85. The number of nitrogens with one attached hydrogen (secondary N) is 3. The van der Waals surface area contributed by atoms with Crippen molar-refractivity contribution in [2.75, 3.05) is 35.8 Å². The first kappa shape index (κ1) is 22.1. The molecular formula is C27H27N7O3. The minimum Gasteiger partial charge on any atom is -0.379 e. The number of pyridine rings is 2. The molecule has 7 rings (SSSR count). The van der Waals surface area contributed by atoms with E-state index >= 15 is 0 Å². The Balaban J connectivity index is 1.31. The van der Waals surface area contributed by atoms with Crippen molar-refractivity contribution in [2.45, 2.75) is 31.8 Å². The molecule has 3 aromatic heterocycles. The van der Waals surface area contributed by atoms with E-state index in [1.165, 1.54) is 5.69 Å². The molecule has 1 saturated carbocycles.